The van der Waals surface area contributed by atoms with Gasteiger partial charge in [-0.3, -0.25) is 14.8 Å². The average molecular weight is 569 g/mol. The van der Waals surface area contributed by atoms with E-state index in [2.05, 4.69) is 10.3 Å². The van der Waals surface area contributed by atoms with E-state index in [1.54, 1.807) is 6.92 Å². The number of carboxylic acids is 2. The van der Waals surface area contributed by atoms with Crippen molar-refractivity contribution in [2.75, 3.05) is 16.6 Å². The molecule has 0 saturated carbocycles. The zero-order valence-corrected chi connectivity index (χ0v) is 21.5. The van der Waals surface area contributed by atoms with Gasteiger partial charge in [-0.15, -0.1) is 0 Å². The molecule has 0 aliphatic rings. The van der Waals surface area contributed by atoms with Crippen LogP contribution in [0.4, 0.5) is 20.2 Å². The van der Waals surface area contributed by atoms with Crippen LogP contribution in [-0.4, -0.2) is 39.6 Å². The number of nitrogens with zero attached hydrogens (tertiary/aromatic N) is 3. The molecule has 3 aromatic rings. The Hall–Kier alpha value is -5.54. The number of carboxylic acid groups (broad SMARTS) is 2. The van der Waals surface area contributed by atoms with Crippen LogP contribution < -0.4 is 38.5 Å². The minimum absolute atomic E-state index is 0.00732. The van der Waals surface area contributed by atoms with Gasteiger partial charge >= 0.3 is 11.9 Å². The number of hydrogen-bond acceptors (Lipinski definition) is 10. The van der Waals surface area contributed by atoms with Crippen LogP contribution >= 0.6 is 0 Å². The summed E-state index contributed by atoms with van der Waals surface area (Å²) in [6.07, 6.45) is 2.26. The van der Waals surface area contributed by atoms with E-state index in [9.17, 15) is 33.4 Å². The average Bonchev–Trinajstić information content (AvgIpc) is 2.91. The molecule has 0 unspecified atom stereocenters. The summed E-state index contributed by atoms with van der Waals surface area (Å²) >= 11 is 0. The monoisotopic (exact) mass is 568 g/mol. The summed E-state index contributed by atoms with van der Waals surface area (Å²) in [6.45, 7) is 2.00. The van der Waals surface area contributed by atoms with Crippen molar-refractivity contribution in [3.63, 3.8) is 0 Å². The Morgan fingerprint density at radius 3 is 1.56 bits per heavy atom. The second kappa shape index (κ2) is 12.5. The third-order valence-corrected chi connectivity index (χ3v) is 5.43. The number of carbonyl (C=O) groups excluding carboxylic acids is 1. The quantitative estimate of drug-likeness (QED) is 0.137. The molecule has 0 bridgehead atoms. The Balaban J connectivity index is 2.04. The van der Waals surface area contributed by atoms with E-state index < -0.39 is 29.5 Å². The summed E-state index contributed by atoms with van der Waals surface area (Å²) in [5, 5.41) is 22.7. The number of pyridine rings is 1. The molecule has 1 amide bonds. The van der Waals surface area contributed by atoms with E-state index in [0.717, 1.165) is 58.8 Å². The normalized spacial score (nSPS) is 11.6. The highest BCUT2D eigenvalue weighted by atomic mass is 19.1. The number of aromatic nitrogens is 1. The van der Waals surface area contributed by atoms with Crippen molar-refractivity contribution >= 4 is 40.6 Å². The highest BCUT2D eigenvalue weighted by Crippen LogP contribution is 2.22. The molecule has 0 spiro atoms. The molecule has 0 aliphatic carbocycles. The van der Waals surface area contributed by atoms with Crippen molar-refractivity contribution < 1.29 is 33.4 Å². The van der Waals surface area contributed by atoms with Gasteiger partial charge in [-0.05, 0) is 55.5 Å². The van der Waals surface area contributed by atoms with E-state index in [0.29, 0.717) is 6.54 Å². The molecule has 0 radical (unpaired) electrons. The Labute approximate surface area is 231 Å². The molecule has 0 atom stereocenters. The minimum Gasteiger partial charge on any atom is -0.478 e. The zero-order valence-electron chi connectivity index (χ0n) is 21.5. The molecule has 0 fully saturated rings. The third-order valence-electron chi connectivity index (χ3n) is 5.43. The highest BCUT2D eigenvalue weighted by Gasteiger charge is 2.16. The van der Waals surface area contributed by atoms with Crippen molar-refractivity contribution in [2.24, 2.45) is 23.2 Å². The Kier molecular flexibility index (Phi) is 9.18. The minimum atomic E-state index is -1.37. The standard InChI is InChI=1S/C26H26F2N8O5/c1-2-33-24(37)13-7-22(20(29)11-35(31)18-5-14(25(38)39)3-16(27)9-18)34-23(8-13)21(30)12-36(32)19-6-15(26(40)41)4-17(28)10-19/h3-12H,2,29-32H2,1H3,(H,33,37)(H,38,39)(H,40,41)/b20-11-,21-12-. The van der Waals surface area contributed by atoms with Crippen LogP contribution in [0.5, 0.6) is 0 Å². The van der Waals surface area contributed by atoms with Gasteiger partial charge in [-0.25, -0.2) is 35.0 Å². The largest absolute Gasteiger partial charge is 0.478 e. The predicted octanol–water partition coefficient (Wildman–Crippen LogP) is 1.78. The van der Waals surface area contributed by atoms with Crippen molar-refractivity contribution in [3.8, 4) is 0 Å². The number of aromatic carboxylic acids is 2. The van der Waals surface area contributed by atoms with Gasteiger partial charge in [0.05, 0.1) is 45.3 Å². The summed E-state index contributed by atoms with van der Waals surface area (Å²) < 4.78 is 27.9. The van der Waals surface area contributed by atoms with Gasteiger partial charge < -0.3 is 27.0 Å². The molecular weight excluding hydrogens is 542 g/mol. The lowest BCUT2D eigenvalue weighted by Crippen LogP contribution is -2.27. The Morgan fingerprint density at radius 1 is 0.780 bits per heavy atom. The Morgan fingerprint density at radius 2 is 1.20 bits per heavy atom. The van der Waals surface area contributed by atoms with Crippen LogP contribution in [-0.2, 0) is 0 Å². The SMILES string of the molecule is CCNC(=O)c1cc(/C(N)=C/N(N)c2cc(F)cc(C(=O)O)c2)nc(/C(N)=C/N(N)c2cc(F)cc(C(=O)O)c2)c1. The van der Waals surface area contributed by atoms with Crippen molar-refractivity contribution in [1.29, 1.82) is 0 Å². The molecule has 13 nitrogen and oxygen atoms in total. The fourth-order valence-corrected chi connectivity index (χ4v) is 3.49. The molecule has 214 valence electrons. The van der Waals surface area contributed by atoms with Crippen LogP contribution in [0.2, 0.25) is 0 Å². The lowest BCUT2D eigenvalue weighted by molar-refractivity contribution is 0.0685. The van der Waals surface area contributed by atoms with Gasteiger partial charge in [-0.2, -0.15) is 0 Å². The summed E-state index contributed by atoms with van der Waals surface area (Å²) in [5.74, 6) is 7.00. The first-order chi connectivity index (χ1) is 19.3. The molecule has 1 heterocycles. The van der Waals surface area contributed by atoms with Crippen LogP contribution in [0.1, 0.15) is 49.4 Å². The predicted molar refractivity (Wildman–Crippen MR) is 147 cm³/mol. The van der Waals surface area contributed by atoms with Crippen molar-refractivity contribution in [2.45, 2.75) is 6.92 Å². The van der Waals surface area contributed by atoms with Gasteiger partial charge in [0.1, 0.15) is 11.6 Å². The number of hydrazine groups is 2. The molecular formula is C26H26F2N8O5. The summed E-state index contributed by atoms with van der Waals surface area (Å²) in [5.41, 5.74) is 11.4. The van der Waals surface area contributed by atoms with Crippen LogP contribution in [0, 0.1) is 11.6 Å². The van der Waals surface area contributed by atoms with Crippen molar-refractivity contribution in [1.82, 2.24) is 10.3 Å². The molecule has 1 aromatic heterocycles. The fourth-order valence-electron chi connectivity index (χ4n) is 3.49. The van der Waals surface area contributed by atoms with Gasteiger partial charge in [0, 0.05) is 24.5 Å². The van der Waals surface area contributed by atoms with Crippen molar-refractivity contribution in [3.05, 3.63) is 101 Å². The first kappa shape index (κ1) is 30.0. The molecule has 15 heteroatoms. The summed E-state index contributed by atoms with van der Waals surface area (Å²) in [7, 11) is 0. The van der Waals surface area contributed by atoms with Crippen LogP contribution in [0.15, 0.2) is 60.9 Å². The number of carbonyl (C=O) groups is 3. The zero-order chi connectivity index (χ0) is 30.4. The van der Waals surface area contributed by atoms with Gasteiger partial charge in [0.2, 0.25) is 0 Å². The number of anilines is 2. The summed E-state index contributed by atoms with van der Waals surface area (Å²) in [4.78, 5) is 39.5. The third kappa shape index (κ3) is 7.53. The number of hydrogen-bond donors (Lipinski definition) is 7. The van der Waals surface area contributed by atoms with Crippen LogP contribution in [0.25, 0.3) is 11.4 Å². The van der Waals surface area contributed by atoms with Crippen LogP contribution in [0.3, 0.4) is 0 Å². The van der Waals surface area contributed by atoms with Gasteiger partial charge in [-0.1, -0.05) is 0 Å². The van der Waals surface area contributed by atoms with Gasteiger partial charge in [0.15, 0.2) is 0 Å². The fraction of sp³-hybridized carbons (Fsp3) is 0.0769. The number of benzene rings is 2. The van der Waals surface area contributed by atoms with Gasteiger partial charge in [0.25, 0.3) is 5.91 Å². The lowest BCUT2D eigenvalue weighted by Gasteiger charge is -2.17. The Bertz CT molecular complexity index is 1470. The molecule has 0 saturated heterocycles. The number of nitrogens with two attached hydrogens (primary N) is 4. The van der Waals surface area contributed by atoms with E-state index >= 15 is 0 Å². The molecule has 3 rings (SSSR count). The second-order valence-electron chi connectivity index (χ2n) is 8.48. The van der Waals surface area contributed by atoms with E-state index in [1.165, 1.54) is 12.1 Å². The maximum Gasteiger partial charge on any atom is 0.335 e. The maximum atomic E-state index is 13.9. The highest BCUT2D eigenvalue weighted by molar-refractivity contribution is 5.95. The van der Waals surface area contributed by atoms with E-state index in [-0.39, 0.29) is 50.8 Å². The number of nitrogens with one attached hydrogen (secondary N) is 1. The lowest BCUT2D eigenvalue weighted by atomic mass is 10.1. The number of amides is 1. The molecule has 0 aliphatic heterocycles. The second-order valence-corrected chi connectivity index (χ2v) is 8.48. The maximum absolute atomic E-state index is 13.9. The molecule has 2 aromatic carbocycles. The number of halogens is 2. The summed E-state index contributed by atoms with van der Waals surface area (Å²) in [6, 6.07) is 8.52. The smallest absolute Gasteiger partial charge is 0.335 e. The topological polar surface area (TPSA) is 227 Å². The number of rotatable bonds is 10. The first-order valence-corrected chi connectivity index (χ1v) is 11.7. The molecule has 41 heavy (non-hydrogen) atoms. The first-order valence-electron chi connectivity index (χ1n) is 11.7. The van der Waals surface area contributed by atoms with E-state index in [4.69, 9.17) is 23.2 Å². The van der Waals surface area contributed by atoms with E-state index in [1.807, 2.05) is 0 Å². The molecule has 11 N–H and O–H groups in total.